The fraction of sp³-hybridized carbons (Fsp3) is 0.0833. The second-order valence-corrected chi connectivity index (χ2v) is 5.95. The number of amides is 1. The molecule has 18 heavy (non-hydrogen) atoms. The lowest BCUT2D eigenvalue weighted by atomic mass is 10.2. The Morgan fingerprint density at radius 3 is 2.89 bits per heavy atom. The van der Waals surface area contributed by atoms with Crippen LogP contribution in [0.25, 0.3) is 0 Å². The Balaban J connectivity index is 2.05. The Morgan fingerprint density at radius 2 is 2.28 bits per heavy atom. The number of rotatable bonds is 3. The minimum atomic E-state index is -0.214. The molecule has 2 rings (SSSR count). The van der Waals surface area contributed by atoms with Gasteiger partial charge in [0.1, 0.15) is 0 Å². The highest BCUT2D eigenvalue weighted by Crippen LogP contribution is 2.21. The number of hydrazone groups is 1. The number of hydrogen-bond donors (Lipinski definition) is 1. The molecule has 1 amide bonds. The quantitative estimate of drug-likeness (QED) is 0.697. The van der Waals surface area contributed by atoms with E-state index in [1.165, 1.54) is 11.3 Å². The van der Waals surface area contributed by atoms with E-state index in [1.807, 2.05) is 25.1 Å². The van der Waals surface area contributed by atoms with Crippen LogP contribution < -0.4 is 5.43 Å². The molecule has 0 aliphatic carbocycles. The SMILES string of the molecule is C/C(=N\NC(=O)c1ccc(Br)s1)c1cccnc1. The summed E-state index contributed by atoms with van der Waals surface area (Å²) in [5.41, 5.74) is 4.12. The van der Waals surface area contributed by atoms with Crippen LogP contribution in [-0.2, 0) is 0 Å². The minimum absolute atomic E-state index is 0.214. The molecular weight excluding hydrogens is 314 g/mol. The number of carbonyl (C=O) groups excluding carboxylic acids is 1. The Morgan fingerprint density at radius 1 is 1.44 bits per heavy atom. The standard InChI is InChI=1S/C12H10BrN3OS/c1-8(9-3-2-6-14-7-9)15-16-12(17)10-4-5-11(13)18-10/h2-7H,1H3,(H,16,17)/b15-8+. The predicted octanol–water partition coefficient (Wildman–Crippen LogP) is 3.06. The van der Waals surface area contributed by atoms with Gasteiger partial charge >= 0.3 is 0 Å². The van der Waals surface area contributed by atoms with Crippen LogP contribution in [-0.4, -0.2) is 16.6 Å². The number of hydrogen-bond acceptors (Lipinski definition) is 4. The molecule has 0 atom stereocenters. The third-order valence-corrected chi connectivity index (χ3v) is 3.82. The highest BCUT2D eigenvalue weighted by Gasteiger charge is 2.07. The first kappa shape index (κ1) is 12.9. The van der Waals surface area contributed by atoms with Gasteiger partial charge in [0, 0.05) is 18.0 Å². The average Bonchev–Trinajstić information content (AvgIpc) is 2.83. The summed E-state index contributed by atoms with van der Waals surface area (Å²) in [6.07, 6.45) is 3.39. The molecule has 1 N–H and O–H groups in total. The van der Waals surface area contributed by atoms with Crippen LogP contribution in [0.5, 0.6) is 0 Å². The second kappa shape index (κ2) is 5.88. The van der Waals surface area contributed by atoms with Gasteiger partial charge in [-0.15, -0.1) is 11.3 Å². The molecule has 0 spiro atoms. The summed E-state index contributed by atoms with van der Waals surface area (Å²) in [4.78, 5) is 16.4. The van der Waals surface area contributed by atoms with Gasteiger partial charge in [0.2, 0.25) is 0 Å². The number of pyridine rings is 1. The van der Waals surface area contributed by atoms with Crippen LogP contribution in [0, 0.1) is 0 Å². The first-order valence-electron chi connectivity index (χ1n) is 5.17. The van der Waals surface area contributed by atoms with Crippen molar-refractivity contribution in [2.75, 3.05) is 0 Å². The fourth-order valence-electron chi connectivity index (χ4n) is 1.27. The van der Waals surface area contributed by atoms with Crippen LogP contribution >= 0.6 is 27.3 Å². The molecule has 6 heteroatoms. The topological polar surface area (TPSA) is 54.4 Å². The van der Waals surface area contributed by atoms with E-state index in [0.717, 1.165) is 9.35 Å². The fourth-order valence-corrected chi connectivity index (χ4v) is 2.54. The molecule has 4 nitrogen and oxygen atoms in total. The van der Waals surface area contributed by atoms with Gasteiger partial charge in [0.05, 0.1) is 14.4 Å². The number of carbonyl (C=O) groups is 1. The van der Waals surface area contributed by atoms with Gasteiger partial charge < -0.3 is 0 Å². The number of halogens is 1. The van der Waals surface area contributed by atoms with Crippen LogP contribution in [0.15, 0.2) is 45.5 Å². The van der Waals surface area contributed by atoms with E-state index in [-0.39, 0.29) is 5.91 Å². The minimum Gasteiger partial charge on any atom is -0.266 e. The molecule has 0 saturated heterocycles. The molecule has 0 bridgehead atoms. The molecule has 0 fully saturated rings. The van der Waals surface area contributed by atoms with E-state index in [1.54, 1.807) is 18.5 Å². The largest absolute Gasteiger partial charge is 0.281 e. The van der Waals surface area contributed by atoms with Crippen molar-refractivity contribution >= 4 is 38.9 Å². The van der Waals surface area contributed by atoms with Gasteiger partial charge in [-0.1, -0.05) is 6.07 Å². The molecule has 2 aromatic rings. The number of aromatic nitrogens is 1. The van der Waals surface area contributed by atoms with E-state index in [2.05, 4.69) is 31.4 Å². The third kappa shape index (κ3) is 3.24. The Hall–Kier alpha value is -1.53. The molecule has 2 aromatic heterocycles. The average molecular weight is 324 g/mol. The van der Waals surface area contributed by atoms with Crippen LogP contribution in [0.1, 0.15) is 22.2 Å². The van der Waals surface area contributed by atoms with Crippen molar-refractivity contribution in [3.05, 3.63) is 50.9 Å². The van der Waals surface area contributed by atoms with Crippen molar-refractivity contribution < 1.29 is 4.79 Å². The molecule has 0 unspecified atom stereocenters. The maximum Gasteiger partial charge on any atom is 0.281 e. The zero-order chi connectivity index (χ0) is 13.0. The maximum atomic E-state index is 11.7. The number of thiophene rings is 1. The highest BCUT2D eigenvalue weighted by atomic mass is 79.9. The van der Waals surface area contributed by atoms with Crippen molar-refractivity contribution in [1.29, 1.82) is 0 Å². The first-order chi connectivity index (χ1) is 8.66. The second-order valence-electron chi connectivity index (χ2n) is 3.48. The van der Waals surface area contributed by atoms with E-state index >= 15 is 0 Å². The Labute approximate surface area is 117 Å². The summed E-state index contributed by atoms with van der Waals surface area (Å²) >= 11 is 4.68. The monoisotopic (exact) mass is 323 g/mol. The predicted molar refractivity (Wildman–Crippen MR) is 75.9 cm³/mol. The molecular formula is C12H10BrN3OS. The molecule has 92 valence electrons. The van der Waals surface area contributed by atoms with Crippen molar-refractivity contribution in [1.82, 2.24) is 10.4 Å². The van der Waals surface area contributed by atoms with Gasteiger partial charge in [-0.05, 0) is 41.1 Å². The normalized spacial score (nSPS) is 11.3. The van der Waals surface area contributed by atoms with E-state index < -0.39 is 0 Å². The summed E-state index contributed by atoms with van der Waals surface area (Å²) in [7, 11) is 0. The first-order valence-corrected chi connectivity index (χ1v) is 6.78. The summed E-state index contributed by atoms with van der Waals surface area (Å²) in [6.45, 7) is 1.82. The summed E-state index contributed by atoms with van der Waals surface area (Å²) < 4.78 is 0.917. The maximum absolute atomic E-state index is 11.7. The molecule has 2 heterocycles. The van der Waals surface area contributed by atoms with Crippen molar-refractivity contribution in [2.45, 2.75) is 6.92 Å². The van der Waals surface area contributed by atoms with E-state index in [4.69, 9.17) is 0 Å². The molecule has 0 aliphatic rings. The lowest BCUT2D eigenvalue weighted by molar-refractivity contribution is 0.0959. The van der Waals surface area contributed by atoms with Crippen molar-refractivity contribution in [3.8, 4) is 0 Å². The van der Waals surface area contributed by atoms with Gasteiger partial charge in [-0.2, -0.15) is 5.10 Å². The smallest absolute Gasteiger partial charge is 0.266 e. The molecule has 0 radical (unpaired) electrons. The van der Waals surface area contributed by atoms with E-state index in [0.29, 0.717) is 10.6 Å². The zero-order valence-corrected chi connectivity index (χ0v) is 12.0. The third-order valence-electron chi connectivity index (χ3n) is 2.20. The highest BCUT2D eigenvalue weighted by molar-refractivity contribution is 9.11. The van der Waals surface area contributed by atoms with Gasteiger partial charge in [0.15, 0.2) is 0 Å². The Kier molecular flexibility index (Phi) is 4.22. The molecule has 0 saturated carbocycles. The lowest BCUT2D eigenvalue weighted by Gasteiger charge is -2.00. The number of nitrogens with zero attached hydrogens (tertiary/aromatic N) is 2. The van der Waals surface area contributed by atoms with Crippen LogP contribution in [0.4, 0.5) is 0 Å². The lowest BCUT2D eigenvalue weighted by Crippen LogP contribution is -2.18. The van der Waals surface area contributed by atoms with Gasteiger partial charge in [-0.3, -0.25) is 9.78 Å². The van der Waals surface area contributed by atoms with E-state index in [9.17, 15) is 4.79 Å². The Bertz CT molecular complexity index is 580. The van der Waals surface area contributed by atoms with Crippen molar-refractivity contribution in [3.63, 3.8) is 0 Å². The van der Waals surface area contributed by atoms with Crippen molar-refractivity contribution in [2.24, 2.45) is 5.10 Å². The van der Waals surface area contributed by atoms with Crippen LogP contribution in [0.3, 0.4) is 0 Å². The van der Waals surface area contributed by atoms with Gasteiger partial charge in [-0.25, -0.2) is 5.43 Å². The number of nitrogens with one attached hydrogen (secondary N) is 1. The molecule has 0 aromatic carbocycles. The molecule has 0 aliphatic heterocycles. The summed E-state index contributed by atoms with van der Waals surface area (Å²) in [5.74, 6) is -0.214. The van der Waals surface area contributed by atoms with Crippen LogP contribution in [0.2, 0.25) is 0 Å². The summed E-state index contributed by atoms with van der Waals surface area (Å²) in [6, 6.07) is 7.29. The van der Waals surface area contributed by atoms with Gasteiger partial charge in [0.25, 0.3) is 5.91 Å². The zero-order valence-electron chi connectivity index (χ0n) is 9.55. The summed E-state index contributed by atoms with van der Waals surface area (Å²) in [5, 5.41) is 4.05.